The number of rotatable bonds is 1. The summed E-state index contributed by atoms with van der Waals surface area (Å²) >= 11 is 0. The lowest BCUT2D eigenvalue weighted by atomic mass is 10.3. The third-order valence-electron chi connectivity index (χ3n) is 1.04. The number of urea groups is 1. The van der Waals surface area contributed by atoms with Gasteiger partial charge in [0.15, 0.2) is 0 Å². The molecular weight excluding hydrogens is 171 g/mol. The molecule has 0 bridgehead atoms. The van der Waals surface area contributed by atoms with Crippen molar-refractivity contribution < 1.29 is 14.8 Å². The molecule has 1 rings (SSSR count). The molecule has 69 valence electrons. The number of primary amides is 1. The van der Waals surface area contributed by atoms with Gasteiger partial charge in [-0.2, -0.15) is 0 Å². The van der Waals surface area contributed by atoms with E-state index < -0.39 is 6.03 Å². The molecule has 0 aliphatic heterocycles. The van der Waals surface area contributed by atoms with Crippen molar-refractivity contribution in [3.05, 3.63) is 30.3 Å². The van der Waals surface area contributed by atoms with Crippen LogP contribution in [0.2, 0.25) is 0 Å². The average molecular weight is 181 g/mol. The predicted octanol–water partition coefficient (Wildman–Crippen LogP) is -0.318. The van der Waals surface area contributed by atoms with E-state index in [0.717, 1.165) is 5.69 Å². The van der Waals surface area contributed by atoms with Crippen LogP contribution in [0.15, 0.2) is 30.3 Å². The Hall–Kier alpha value is -1.53. The quantitative estimate of drug-likeness (QED) is 0.447. The molecule has 0 saturated carbocycles. The van der Waals surface area contributed by atoms with Gasteiger partial charge < -0.3 is 21.1 Å². The zero-order chi connectivity index (χ0) is 10.1. The maximum absolute atomic E-state index is 10.3. The lowest BCUT2D eigenvalue weighted by Gasteiger charge is -1.97. The van der Waals surface area contributed by atoms with Gasteiger partial charge >= 0.3 is 13.7 Å². The summed E-state index contributed by atoms with van der Waals surface area (Å²) in [5.74, 6) is 0. The fourth-order valence-electron chi connectivity index (χ4n) is 0.664. The van der Waals surface area contributed by atoms with Crippen LogP contribution in [0, 0.1) is 0 Å². The van der Waals surface area contributed by atoms with Gasteiger partial charge in [0, 0.05) is 5.69 Å². The van der Waals surface area contributed by atoms with Crippen LogP contribution in [0.4, 0.5) is 10.5 Å². The Labute approximate surface area is 76.5 Å². The number of nitrogens with two attached hydrogens (primary N) is 1. The summed E-state index contributed by atoms with van der Waals surface area (Å²) in [5.41, 5.74) is 5.59. The molecule has 0 saturated heterocycles. The Kier molecular flexibility index (Phi) is 6.30. The van der Waals surface area contributed by atoms with E-state index in [-0.39, 0.29) is 7.69 Å². The van der Waals surface area contributed by atoms with Crippen molar-refractivity contribution in [3.8, 4) is 0 Å². The summed E-state index contributed by atoms with van der Waals surface area (Å²) in [6.45, 7) is 0. The van der Waals surface area contributed by atoms with E-state index in [1.54, 1.807) is 12.1 Å². The van der Waals surface area contributed by atoms with E-state index in [4.69, 9.17) is 15.8 Å². The maximum atomic E-state index is 10.3. The Morgan fingerprint density at radius 1 is 1.31 bits per heavy atom. The number of nitrogens with one attached hydrogen (secondary N) is 1. The molecule has 0 aliphatic carbocycles. The summed E-state index contributed by atoms with van der Waals surface area (Å²) < 4.78 is 0. The molecule has 6 heteroatoms. The second-order valence-corrected chi connectivity index (χ2v) is 1.97. The largest absolute Gasteiger partial charge is 0.482 e. The molecule has 1 radical (unpaired) electrons. The normalized spacial score (nSPS) is 7.85. The number of anilines is 1. The molecule has 0 aliphatic rings. The SMILES string of the molecule is NC(=O)Nc1ccccc1.O[B]O. The Morgan fingerprint density at radius 2 is 1.77 bits per heavy atom. The van der Waals surface area contributed by atoms with Gasteiger partial charge in [0.25, 0.3) is 0 Å². The lowest BCUT2D eigenvalue weighted by Crippen LogP contribution is -2.18. The lowest BCUT2D eigenvalue weighted by molar-refractivity contribution is 0.259. The zero-order valence-corrected chi connectivity index (χ0v) is 6.84. The van der Waals surface area contributed by atoms with Crippen LogP contribution < -0.4 is 11.1 Å². The van der Waals surface area contributed by atoms with Gasteiger partial charge in [0.1, 0.15) is 0 Å². The Morgan fingerprint density at radius 3 is 2.15 bits per heavy atom. The number of carbonyl (C=O) groups excluding carboxylic acids is 1. The van der Waals surface area contributed by atoms with E-state index in [2.05, 4.69) is 5.32 Å². The van der Waals surface area contributed by atoms with Crippen LogP contribution in [0.5, 0.6) is 0 Å². The first-order valence-electron chi connectivity index (χ1n) is 3.42. The van der Waals surface area contributed by atoms with E-state index in [9.17, 15) is 4.79 Å². The first kappa shape index (κ1) is 11.5. The highest BCUT2D eigenvalue weighted by Crippen LogP contribution is 2.03. The minimum atomic E-state index is -0.536. The minimum absolute atomic E-state index is 0. The number of para-hydroxylation sites is 1. The topological polar surface area (TPSA) is 95.6 Å². The van der Waals surface area contributed by atoms with E-state index in [1.807, 2.05) is 18.2 Å². The fraction of sp³-hybridized carbons (Fsp3) is 0. The standard InChI is InChI=1S/C7H8N2O.BH2O2/c8-7(10)9-6-4-2-1-3-5-6;2-1-3/h1-5H,(H3,8,9,10);2-3H. The van der Waals surface area contributed by atoms with Crippen LogP contribution in [-0.4, -0.2) is 23.8 Å². The van der Waals surface area contributed by atoms with E-state index in [1.165, 1.54) is 0 Å². The molecule has 1 aromatic rings. The summed E-state index contributed by atoms with van der Waals surface area (Å²) in [7, 11) is 0. The highest BCUT2D eigenvalue weighted by molar-refractivity contribution is 6.13. The van der Waals surface area contributed by atoms with Crippen LogP contribution in [0.25, 0.3) is 0 Å². The second-order valence-electron chi connectivity index (χ2n) is 1.97. The third kappa shape index (κ3) is 6.86. The van der Waals surface area contributed by atoms with E-state index in [0.29, 0.717) is 0 Å². The van der Waals surface area contributed by atoms with Crippen LogP contribution in [0.3, 0.4) is 0 Å². The van der Waals surface area contributed by atoms with E-state index >= 15 is 0 Å². The molecule has 0 fully saturated rings. The number of hydrogen-bond donors (Lipinski definition) is 4. The van der Waals surface area contributed by atoms with Crippen molar-refractivity contribution in [2.45, 2.75) is 0 Å². The monoisotopic (exact) mass is 181 g/mol. The summed E-state index contributed by atoms with van der Waals surface area (Å²) in [5, 5.41) is 16.4. The van der Waals surface area contributed by atoms with Crippen molar-refractivity contribution in [1.82, 2.24) is 0 Å². The Bertz CT molecular complexity index is 243. The smallest absolute Gasteiger partial charge is 0.429 e. The molecule has 0 aromatic heterocycles. The first-order chi connectivity index (χ1) is 6.20. The van der Waals surface area contributed by atoms with Gasteiger partial charge in [-0.15, -0.1) is 0 Å². The van der Waals surface area contributed by atoms with Crippen molar-refractivity contribution in [3.63, 3.8) is 0 Å². The van der Waals surface area contributed by atoms with Crippen molar-refractivity contribution in [2.24, 2.45) is 5.73 Å². The summed E-state index contributed by atoms with van der Waals surface area (Å²) in [4.78, 5) is 10.3. The van der Waals surface area contributed by atoms with Gasteiger partial charge in [0.05, 0.1) is 0 Å². The minimum Gasteiger partial charge on any atom is -0.429 e. The van der Waals surface area contributed by atoms with Crippen LogP contribution >= 0.6 is 0 Å². The maximum Gasteiger partial charge on any atom is 0.482 e. The molecule has 0 unspecified atom stereocenters. The highest BCUT2D eigenvalue weighted by Gasteiger charge is 1.90. The number of hydrogen-bond acceptors (Lipinski definition) is 3. The molecule has 1 aromatic carbocycles. The van der Waals surface area contributed by atoms with Crippen molar-refractivity contribution in [1.29, 1.82) is 0 Å². The zero-order valence-electron chi connectivity index (χ0n) is 6.84. The molecule has 2 amide bonds. The number of benzene rings is 1. The van der Waals surface area contributed by atoms with Gasteiger partial charge in [0.2, 0.25) is 0 Å². The molecule has 13 heavy (non-hydrogen) atoms. The molecule has 0 heterocycles. The fourth-order valence-corrected chi connectivity index (χ4v) is 0.664. The first-order valence-corrected chi connectivity index (χ1v) is 3.42. The molecule has 5 nitrogen and oxygen atoms in total. The summed E-state index contributed by atoms with van der Waals surface area (Å²) in [6, 6.07) is 8.52. The molecule has 0 atom stereocenters. The van der Waals surface area contributed by atoms with Gasteiger partial charge in [-0.1, -0.05) is 18.2 Å². The van der Waals surface area contributed by atoms with Gasteiger partial charge in [-0.25, -0.2) is 4.79 Å². The van der Waals surface area contributed by atoms with Crippen molar-refractivity contribution >= 4 is 19.4 Å². The summed E-state index contributed by atoms with van der Waals surface area (Å²) in [6.07, 6.45) is 0. The molecule has 5 N–H and O–H groups in total. The average Bonchev–Trinajstić information content (AvgIpc) is 2.06. The second kappa shape index (κ2) is 7.14. The van der Waals surface area contributed by atoms with Crippen LogP contribution in [-0.2, 0) is 0 Å². The Balaban J connectivity index is 0.000000424. The van der Waals surface area contributed by atoms with Gasteiger partial charge in [-0.3, -0.25) is 0 Å². The van der Waals surface area contributed by atoms with Crippen LogP contribution in [0.1, 0.15) is 0 Å². The molecule has 0 spiro atoms. The number of amides is 2. The number of carbonyl (C=O) groups is 1. The predicted molar refractivity (Wildman–Crippen MR) is 49.8 cm³/mol. The highest BCUT2D eigenvalue weighted by atomic mass is 16.4. The van der Waals surface area contributed by atoms with Crippen molar-refractivity contribution in [2.75, 3.05) is 5.32 Å². The molecular formula is C7H10BN2O3. The third-order valence-corrected chi connectivity index (χ3v) is 1.04. The van der Waals surface area contributed by atoms with Gasteiger partial charge in [-0.05, 0) is 12.1 Å².